The normalized spacial score (nSPS) is 13.4. The highest BCUT2D eigenvalue weighted by Gasteiger charge is 2.17. The topological polar surface area (TPSA) is 81.4 Å². The molecule has 6 heteroatoms. The van der Waals surface area contributed by atoms with Crippen LogP contribution in [0, 0.1) is 0 Å². The molecule has 3 N–H and O–H groups in total. The predicted octanol–water partition coefficient (Wildman–Crippen LogP) is 0.470. The highest BCUT2D eigenvalue weighted by Crippen LogP contribution is 2.05. The van der Waals surface area contributed by atoms with Crippen molar-refractivity contribution < 1.29 is 13.2 Å². The molecule has 0 saturated heterocycles. The molecule has 0 amide bonds. The Morgan fingerprint density at radius 1 is 1.33 bits per heavy atom. The van der Waals surface area contributed by atoms with Crippen LogP contribution in [0.2, 0.25) is 0 Å². The smallest absolute Gasteiger partial charge is 0.216 e. The molecular formula is C12H20N2O3S. The molecule has 5 nitrogen and oxygen atoms in total. The molecule has 0 bridgehead atoms. The van der Waals surface area contributed by atoms with Gasteiger partial charge in [0.1, 0.15) is 0 Å². The molecule has 0 aliphatic rings. The zero-order valence-electron chi connectivity index (χ0n) is 10.5. The van der Waals surface area contributed by atoms with E-state index in [-0.39, 0.29) is 18.3 Å². The number of hydrogen-bond acceptors (Lipinski definition) is 4. The third kappa shape index (κ3) is 5.59. The number of hydrogen-bond donors (Lipinski definition) is 2. The van der Waals surface area contributed by atoms with Crippen molar-refractivity contribution in [3.8, 4) is 0 Å². The minimum absolute atomic E-state index is 0.0304. The van der Waals surface area contributed by atoms with Crippen LogP contribution in [0.15, 0.2) is 30.3 Å². The first-order valence-corrected chi connectivity index (χ1v) is 7.45. The van der Waals surface area contributed by atoms with E-state index in [4.69, 9.17) is 10.5 Å². The fourth-order valence-electron chi connectivity index (χ4n) is 1.57. The maximum Gasteiger partial charge on any atom is 0.216 e. The van der Waals surface area contributed by atoms with E-state index in [0.717, 1.165) is 5.56 Å². The van der Waals surface area contributed by atoms with Crippen molar-refractivity contribution in [1.29, 1.82) is 0 Å². The Kier molecular flexibility index (Phi) is 6.28. The summed E-state index contributed by atoms with van der Waals surface area (Å²) in [4.78, 5) is 0. The van der Waals surface area contributed by atoms with Gasteiger partial charge < -0.3 is 10.5 Å². The number of ether oxygens (including phenoxy) is 1. The first-order chi connectivity index (χ1) is 8.57. The van der Waals surface area contributed by atoms with Crippen LogP contribution in [-0.2, 0) is 20.5 Å². The molecule has 0 heterocycles. The van der Waals surface area contributed by atoms with Crippen LogP contribution in [0.4, 0.5) is 0 Å². The van der Waals surface area contributed by atoms with Crippen LogP contribution in [0.3, 0.4) is 0 Å². The minimum atomic E-state index is -3.36. The van der Waals surface area contributed by atoms with Gasteiger partial charge in [0.25, 0.3) is 0 Å². The summed E-state index contributed by atoms with van der Waals surface area (Å²) in [6.07, 6.45) is 0.570. The summed E-state index contributed by atoms with van der Waals surface area (Å²) in [5.74, 6) is -0.0304. The standard InChI is InChI=1S/C12H20N2O3S/c1-17-8-7-12(9-13)14-18(15,16)10-11-5-3-2-4-6-11/h2-6,12,14H,7-10,13H2,1H3. The Labute approximate surface area is 108 Å². The lowest BCUT2D eigenvalue weighted by molar-refractivity contribution is 0.186. The van der Waals surface area contributed by atoms with Crippen molar-refractivity contribution in [1.82, 2.24) is 4.72 Å². The number of benzene rings is 1. The third-order valence-corrected chi connectivity index (χ3v) is 3.91. The van der Waals surface area contributed by atoms with Gasteiger partial charge in [-0.1, -0.05) is 30.3 Å². The molecule has 1 aromatic carbocycles. The van der Waals surface area contributed by atoms with Gasteiger partial charge >= 0.3 is 0 Å². The van der Waals surface area contributed by atoms with Gasteiger partial charge in [-0.2, -0.15) is 0 Å². The Morgan fingerprint density at radius 3 is 2.56 bits per heavy atom. The van der Waals surface area contributed by atoms with E-state index in [1.54, 1.807) is 19.2 Å². The second kappa shape index (κ2) is 7.48. The molecule has 0 radical (unpaired) electrons. The first-order valence-electron chi connectivity index (χ1n) is 5.80. The number of rotatable bonds is 8. The summed E-state index contributed by atoms with van der Waals surface area (Å²) >= 11 is 0. The van der Waals surface area contributed by atoms with Crippen molar-refractivity contribution in [2.24, 2.45) is 5.73 Å². The van der Waals surface area contributed by atoms with E-state index in [1.807, 2.05) is 18.2 Å². The lowest BCUT2D eigenvalue weighted by Gasteiger charge is -2.16. The van der Waals surface area contributed by atoms with Crippen LogP contribution in [0.25, 0.3) is 0 Å². The van der Waals surface area contributed by atoms with E-state index in [9.17, 15) is 8.42 Å². The number of nitrogens with one attached hydrogen (secondary N) is 1. The van der Waals surface area contributed by atoms with Crippen molar-refractivity contribution >= 4 is 10.0 Å². The minimum Gasteiger partial charge on any atom is -0.385 e. The quantitative estimate of drug-likeness (QED) is 0.721. The van der Waals surface area contributed by atoms with Gasteiger partial charge in [0.15, 0.2) is 0 Å². The van der Waals surface area contributed by atoms with Gasteiger partial charge in [-0.3, -0.25) is 0 Å². The Hall–Kier alpha value is -0.950. The molecule has 1 aromatic rings. The van der Waals surface area contributed by atoms with Crippen molar-refractivity contribution in [3.05, 3.63) is 35.9 Å². The highest BCUT2D eigenvalue weighted by molar-refractivity contribution is 7.88. The van der Waals surface area contributed by atoms with Crippen molar-refractivity contribution in [3.63, 3.8) is 0 Å². The number of sulfonamides is 1. The largest absolute Gasteiger partial charge is 0.385 e. The van der Waals surface area contributed by atoms with Crippen LogP contribution in [-0.4, -0.2) is 34.7 Å². The van der Waals surface area contributed by atoms with Crippen molar-refractivity contribution in [2.75, 3.05) is 20.3 Å². The Morgan fingerprint density at radius 2 is 2.00 bits per heavy atom. The second-order valence-electron chi connectivity index (χ2n) is 4.08. The van der Waals surface area contributed by atoms with Gasteiger partial charge in [0.05, 0.1) is 5.75 Å². The summed E-state index contributed by atoms with van der Waals surface area (Å²) < 4.78 is 31.4. The Balaban J connectivity index is 2.58. The van der Waals surface area contributed by atoms with E-state index in [0.29, 0.717) is 13.0 Å². The molecule has 18 heavy (non-hydrogen) atoms. The molecule has 1 unspecified atom stereocenters. The van der Waals surface area contributed by atoms with E-state index in [2.05, 4.69) is 4.72 Å². The average Bonchev–Trinajstić information content (AvgIpc) is 2.35. The predicted molar refractivity (Wildman–Crippen MR) is 71.5 cm³/mol. The number of nitrogens with two attached hydrogens (primary N) is 1. The molecule has 0 saturated carbocycles. The molecular weight excluding hydrogens is 252 g/mol. The monoisotopic (exact) mass is 272 g/mol. The van der Waals surface area contributed by atoms with Crippen LogP contribution >= 0.6 is 0 Å². The molecule has 102 valence electrons. The Bertz CT molecular complexity index is 434. The van der Waals surface area contributed by atoms with Gasteiger partial charge in [-0.25, -0.2) is 13.1 Å². The summed E-state index contributed by atoms with van der Waals surface area (Å²) in [5, 5.41) is 0. The van der Waals surface area contributed by atoms with Crippen LogP contribution in [0.1, 0.15) is 12.0 Å². The maximum atomic E-state index is 11.9. The molecule has 0 fully saturated rings. The number of methoxy groups -OCH3 is 1. The summed E-state index contributed by atoms with van der Waals surface area (Å²) in [6, 6.07) is 8.77. The lowest BCUT2D eigenvalue weighted by atomic mass is 10.2. The van der Waals surface area contributed by atoms with Gasteiger partial charge in [-0.15, -0.1) is 0 Å². The fourth-order valence-corrected chi connectivity index (χ4v) is 3.01. The molecule has 0 aliphatic heterocycles. The first kappa shape index (κ1) is 15.1. The lowest BCUT2D eigenvalue weighted by Crippen LogP contribution is -2.41. The zero-order chi connectivity index (χ0) is 13.4. The summed E-state index contributed by atoms with van der Waals surface area (Å²) in [6.45, 7) is 0.743. The van der Waals surface area contributed by atoms with Gasteiger partial charge in [-0.05, 0) is 12.0 Å². The van der Waals surface area contributed by atoms with E-state index < -0.39 is 10.0 Å². The average molecular weight is 272 g/mol. The highest BCUT2D eigenvalue weighted by atomic mass is 32.2. The second-order valence-corrected chi connectivity index (χ2v) is 5.83. The molecule has 1 rings (SSSR count). The van der Waals surface area contributed by atoms with Gasteiger partial charge in [0, 0.05) is 26.3 Å². The molecule has 0 spiro atoms. The molecule has 1 atom stereocenters. The molecule has 0 aromatic heterocycles. The summed E-state index contributed by atoms with van der Waals surface area (Å²) in [7, 11) is -1.79. The molecule has 0 aliphatic carbocycles. The van der Waals surface area contributed by atoms with Gasteiger partial charge in [0.2, 0.25) is 10.0 Å². The van der Waals surface area contributed by atoms with E-state index >= 15 is 0 Å². The SMILES string of the molecule is COCCC(CN)NS(=O)(=O)Cc1ccccc1. The van der Waals surface area contributed by atoms with Crippen LogP contribution < -0.4 is 10.5 Å². The third-order valence-electron chi connectivity index (χ3n) is 2.50. The van der Waals surface area contributed by atoms with Crippen LogP contribution in [0.5, 0.6) is 0 Å². The summed E-state index contributed by atoms with van der Waals surface area (Å²) in [5.41, 5.74) is 6.29. The maximum absolute atomic E-state index is 11.9. The van der Waals surface area contributed by atoms with Crippen molar-refractivity contribution in [2.45, 2.75) is 18.2 Å². The zero-order valence-corrected chi connectivity index (χ0v) is 11.3. The van der Waals surface area contributed by atoms with E-state index in [1.165, 1.54) is 0 Å². The fraction of sp³-hybridized carbons (Fsp3) is 0.500.